The van der Waals surface area contributed by atoms with Gasteiger partial charge in [0.15, 0.2) is 5.65 Å². The van der Waals surface area contributed by atoms with Crippen LogP contribution in [0.2, 0.25) is 0 Å². The molecule has 0 atom stereocenters. The lowest BCUT2D eigenvalue weighted by molar-refractivity contribution is 0.0398. The van der Waals surface area contributed by atoms with Crippen molar-refractivity contribution in [3.8, 4) is 22.8 Å². The number of nitrogens with zero attached hydrogens (tertiary/aromatic N) is 4. The summed E-state index contributed by atoms with van der Waals surface area (Å²) in [4.78, 5) is 19.7. The molecule has 1 aliphatic heterocycles. The van der Waals surface area contributed by atoms with Crippen LogP contribution in [0.3, 0.4) is 0 Å². The molecule has 39 heavy (non-hydrogen) atoms. The Morgan fingerprint density at radius 2 is 1.92 bits per heavy atom. The Bertz CT molecular complexity index is 1480. The molecule has 3 heterocycles. The largest absolute Gasteiger partial charge is 0.439 e. The van der Waals surface area contributed by atoms with Crippen molar-refractivity contribution >= 4 is 17.4 Å². The number of fused-ring (bicyclic) bond motifs is 1. The predicted octanol–water partition coefficient (Wildman–Crippen LogP) is 4.27. The standard InChI is InChI=1S/C29H31FN6O3/c1-19-16-20(2-9-24(19)29(37)33-22-5-6-22)25-18-32-36-26(31-10-11-35-12-14-38-15-13-35)17-27(34-28(25)36)39-23-7-3-21(30)4-8-23/h2-4,7-9,16-18,22,31H,5-6,10-15H2,1H3,(H,33,37). The Morgan fingerprint density at radius 1 is 1.13 bits per heavy atom. The molecule has 0 radical (unpaired) electrons. The maximum Gasteiger partial charge on any atom is 0.251 e. The number of anilines is 1. The number of morpholine rings is 1. The molecule has 2 aromatic heterocycles. The number of hydrogen-bond acceptors (Lipinski definition) is 7. The number of rotatable bonds is 9. The Balaban J connectivity index is 1.31. The van der Waals surface area contributed by atoms with Crippen LogP contribution in [-0.4, -0.2) is 70.8 Å². The summed E-state index contributed by atoms with van der Waals surface area (Å²) in [6.07, 6.45) is 3.86. The molecule has 10 heteroatoms. The van der Waals surface area contributed by atoms with Crippen molar-refractivity contribution in [3.05, 3.63) is 71.7 Å². The highest BCUT2D eigenvalue weighted by Gasteiger charge is 2.24. The van der Waals surface area contributed by atoms with E-state index < -0.39 is 0 Å². The molecule has 2 aromatic carbocycles. The van der Waals surface area contributed by atoms with Crippen molar-refractivity contribution in [2.45, 2.75) is 25.8 Å². The summed E-state index contributed by atoms with van der Waals surface area (Å²) in [5.74, 6) is 1.20. The Morgan fingerprint density at radius 3 is 2.67 bits per heavy atom. The molecule has 1 aliphatic carbocycles. The third kappa shape index (κ3) is 5.86. The van der Waals surface area contributed by atoms with E-state index in [1.807, 2.05) is 25.1 Å². The molecule has 0 bridgehead atoms. The van der Waals surface area contributed by atoms with Gasteiger partial charge in [-0.2, -0.15) is 14.6 Å². The van der Waals surface area contributed by atoms with Gasteiger partial charge in [-0.25, -0.2) is 4.39 Å². The first-order chi connectivity index (χ1) is 19.0. The minimum atomic E-state index is -0.334. The molecule has 202 valence electrons. The number of amides is 1. The second-order valence-electron chi connectivity index (χ2n) is 9.99. The molecule has 9 nitrogen and oxygen atoms in total. The zero-order valence-corrected chi connectivity index (χ0v) is 21.8. The van der Waals surface area contributed by atoms with Gasteiger partial charge in [-0.1, -0.05) is 12.1 Å². The monoisotopic (exact) mass is 530 g/mol. The van der Waals surface area contributed by atoms with Gasteiger partial charge in [0.05, 0.1) is 19.4 Å². The lowest BCUT2D eigenvalue weighted by Gasteiger charge is -2.26. The molecule has 1 amide bonds. The van der Waals surface area contributed by atoms with Crippen LogP contribution in [0.4, 0.5) is 10.2 Å². The molecule has 0 unspecified atom stereocenters. The van der Waals surface area contributed by atoms with Crippen LogP contribution >= 0.6 is 0 Å². The number of hydrogen-bond donors (Lipinski definition) is 2. The summed E-state index contributed by atoms with van der Waals surface area (Å²) in [6.45, 7) is 6.81. The van der Waals surface area contributed by atoms with Gasteiger partial charge in [-0.15, -0.1) is 0 Å². The molecule has 0 spiro atoms. The van der Waals surface area contributed by atoms with E-state index in [9.17, 15) is 9.18 Å². The van der Waals surface area contributed by atoms with Crippen LogP contribution in [0.5, 0.6) is 11.6 Å². The van der Waals surface area contributed by atoms with E-state index in [0.717, 1.165) is 68.2 Å². The van der Waals surface area contributed by atoms with E-state index in [0.29, 0.717) is 35.4 Å². The molecular weight excluding hydrogens is 499 g/mol. The number of aromatic nitrogens is 3. The SMILES string of the molecule is Cc1cc(-c2cnn3c(NCCN4CCOCC4)cc(Oc4ccc(F)cc4)nc23)ccc1C(=O)NC1CC1. The summed E-state index contributed by atoms with van der Waals surface area (Å²) < 4.78 is 26.7. The summed E-state index contributed by atoms with van der Waals surface area (Å²) in [5.41, 5.74) is 3.87. The van der Waals surface area contributed by atoms with Gasteiger partial charge in [0.2, 0.25) is 5.88 Å². The lowest BCUT2D eigenvalue weighted by Crippen LogP contribution is -2.39. The minimum Gasteiger partial charge on any atom is -0.439 e. The van der Waals surface area contributed by atoms with Crippen molar-refractivity contribution in [3.63, 3.8) is 0 Å². The Hall–Kier alpha value is -4.02. The average molecular weight is 531 g/mol. The summed E-state index contributed by atoms with van der Waals surface area (Å²) in [5, 5.41) is 11.2. The fraction of sp³-hybridized carbons (Fsp3) is 0.345. The van der Waals surface area contributed by atoms with Crippen LogP contribution in [-0.2, 0) is 4.74 Å². The maximum absolute atomic E-state index is 13.4. The fourth-order valence-corrected chi connectivity index (χ4v) is 4.69. The smallest absolute Gasteiger partial charge is 0.251 e. The lowest BCUT2D eigenvalue weighted by atomic mass is 10.0. The van der Waals surface area contributed by atoms with Gasteiger partial charge >= 0.3 is 0 Å². The Labute approximate surface area is 225 Å². The highest BCUT2D eigenvalue weighted by atomic mass is 19.1. The highest BCUT2D eigenvalue weighted by molar-refractivity contribution is 5.97. The third-order valence-corrected chi connectivity index (χ3v) is 7.02. The van der Waals surface area contributed by atoms with Gasteiger partial charge in [-0.05, 0) is 61.2 Å². The maximum atomic E-state index is 13.4. The van der Waals surface area contributed by atoms with Gasteiger partial charge < -0.3 is 20.1 Å². The van der Waals surface area contributed by atoms with Crippen molar-refractivity contribution in [2.24, 2.45) is 0 Å². The zero-order valence-electron chi connectivity index (χ0n) is 21.8. The van der Waals surface area contributed by atoms with E-state index >= 15 is 0 Å². The minimum absolute atomic E-state index is 0.0405. The van der Waals surface area contributed by atoms with Gasteiger partial charge in [0.25, 0.3) is 5.91 Å². The number of ether oxygens (including phenoxy) is 2. The average Bonchev–Trinajstić information content (AvgIpc) is 3.65. The molecule has 1 saturated heterocycles. The van der Waals surface area contributed by atoms with Crippen molar-refractivity contribution in [2.75, 3.05) is 44.7 Å². The number of halogens is 1. The normalized spacial score (nSPS) is 15.8. The van der Waals surface area contributed by atoms with Crippen molar-refractivity contribution < 1.29 is 18.7 Å². The van der Waals surface area contributed by atoms with Crippen molar-refractivity contribution in [1.82, 2.24) is 24.8 Å². The highest BCUT2D eigenvalue weighted by Crippen LogP contribution is 2.31. The van der Waals surface area contributed by atoms with Crippen LogP contribution < -0.4 is 15.4 Å². The molecule has 2 aliphatic rings. The first kappa shape index (κ1) is 25.3. The third-order valence-electron chi connectivity index (χ3n) is 7.02. The van der Waals surface area contributed by atoms with Crippen molar-refractivity contribution in [1.29, 1.82) is 0 Å². The molecule has 6 rings (SSSR count). The van der Waals surface area contributed by atoms with Crippen LogP contribution in [0.15, 0.2) is 54.7 Å². The Kier molecular flexibility index (Phi) is 7.12. The van der Waals surface area contributed by atoms with Gasteiger partial charge in [-0.3, -0.25) is 9.69 Å². The first-order valence-corrected chi connectivity index (χ1v) is 13.3. The van der Waals surface area contributed by atoms with Crippen LogP contribution in [0.1, 0.15) is 28.8 Å². The number of nitrogens with one attached hydrogen (secondary N) is 2. The molecule has 1 saturated carbocycles. The summed E-state index contributed by atoms with van der Waals surface area (Å²) in [6, 6.07) is 13.7. The van der Waals surface area contributed by atoms with Gasteiger partial charge in [0, 0.05) is 49.4 Å². The second-order valence-corrected chi connectivity index (χ2v) is 9.99. The van der Waals surface area contributed by atoms with E-state index in [1.54, 1.807) is 28.9 Å². The van der Waals surface area contributed by atoms with E-state index in [2.05, 4.69) is 20.6 Å². The molecular formula is C29H31FN6O3. The van der Waals surface area contributed by atoms with E-state index in [1.165, 1.54) is 12.1 Å². The number of aryl methyl sites for hydroxylation is 1. The topological polar surface area (TPSA) is 93.0 Å². The first-order valence-electron chi connectivity index (χ1n) is 13.3. The number of benzene rings is 2. The molecule has 2 fully saturated rings. The number of carbonyl (C=O) groups is 1. The van der Waals surface area contributed by atoms with Crippen LogP contribution in [0, 0.1) is 12.7 Å². The van der Waals surface area contributed by atoms with E-state index in [4.69, 9.17) is 14.5 Å². The molecule has 2 N–H and O–H groups in total. The zero-order chi connectivity index (χ0) is 26.8. The van der Waals surface area contributed by atoms with Crippen LogP contribution in [0.25, 0.3) is 16.8 Å². The van der Waals surface area contributed by atoms with E-state index in [-0.39, 0.29) is 11.7 Å². The second kappa shape index (κ2) is 11.0. The van der Waals surface area contributed by atoms with Gasteiger partial charge in [0.1, 0.15) is 17.4 Å². The quantitative estimate of drug-likeness (QED) is 0.334. The fourth-order valence-electron chi connectivity index (χ4n) is 4.69. The summed E-state index contributed by atoms with van der Waals surface area (Å²) >= 11 is 0. The predicted molar refractivity (Wildman–Crippen MR) is 146 cm³/mol. The summed E-state index contributed by atoms with van der Waals surface area (Å²) in [7, 11) is 0. The number of carbonyl (C=O) groups excluding carboxylic acids is 1. The molecule has 4 aromatic rings.